The lowest BCUT2D eigenvalue weighted by atomic mass is 9.86. The summed E-state index contributed by atoms with van der Waals surface area (Å²) in [6.07, 6.45) is 10.1. The normalized spacial score (nSPS) is 31.7. The second-order valence-corrected chi connectivity index (χ2v) is 6.94. The number of carboxylic acids is 1. The van der Waals surface area contributed by atoms with Crippen molar-refractivity contribution >= 4 is 12.0 Å². The van der Waals surface area contributed by atoms with Crippen molar-refractivity contribution in [2.45, 2.75) is 83.2 Å². The molecular weight excluding hydrogens is 280 g/mol. The number of rotatable bonds is 6. The predicted octanol–water partition coefficient (Wildman–Crippen LogP) is 3.29. The number of carboxylic acid groups (broad SMARTS) is 1. The maximum absolute atomic E-state index is 12.2. The number of hydrogen-bond donors (Lipinski definition) is 3. The number of aliphatic carboxylic acids is 1. The fourth-order valence-corrected chi connectivity index (χ4v) is 3.92. The molecule has 3 N–H and O–H groups in total. The van der Waals surface area contributed by atoms with Crippen LogP contribution in [0.5, 0.6) is 0 Å². The lowest BCUT2D eigenvalue weighted by molar-refractivity contribution is -0.142. The van der Waals surface area contributed by atoms with E-state index in [1.165, 1.54) is 32.1 Å². The highest BCUT2D eigenvalue weighted by Crippen LogP contribution is 2.30. The number of hydrogen-bond acceptors (Lipinski definition) is 2. The molecule has 5 nitrogen and oxygen atoms in total. The minimum absolute atomic E-state index is 0.0628. The number of carbonyl (C=O) groups is 2. The van der Waals surface area contributed by atoms with Crippen LogP contribution in [0, 0.1) is 11.8 Å². The zero-order valence-corrected chi connectivity index (χ0v) is 13.6. The zero-order chi connectivity index (χ0) is 15.9. The van der Waals surface area contributed by atoms with Gasteiger partial charge in [-0.1, -0.05) is 26.2 Å². The van der Waals surface area contributed by atoms with Gasteiger partial charge in [-0.2, -0.15) is 0 Å². The van der Waals surface area contributed by atoms with Crippen LogP contribution in [-0.2, 0) is 4.79 Å². The Morgan fingerprint density at radius 1 is 1.05 bits per heavy atom. The average molecular weight is 310 g/mol. The van der Waals surface area contributed by atoms with E-state index in [1.807, 2.05) is 0 Å². The highest BCUT2D eigenvalue weighted by molar-refractivity contribution is 5.75. The van der Waals surface area contributed by atoms with E-state index in [2.05, 4.69) is 17.6 Å². The molecule has 2 aliphatic rings. The van der Waals surface area contributed by atoms with Gasteiger partial charge in [0.15, 0.2) is 0 Å². The number of nitrogens with one attached hydrogen (secondary N) is 2. The average Bonchev–Trinajstić information content (AvgIpc) is 2.92. The van der Waals surface area contributed by atoms with E-state index in [0.717, 1.165) is 19.3 Å². The Bertz CT molecular complexity index is 378. The highest BCUT2D eigenvalue weighted by Gasteiger charge is 2.30. The van der Waals surface area contributed by atoms with Gasteiger partial charge in [0.2, 0.25) is 0 Å². The van der Waals surface area contributed by atoms with E-state index < -0.39 is 5.97 Å². The van der Waals surface area contributed by atoms with Crippen molar-refractivity contribution in [1.82, 2.24) is 10.6 Å². The van der Waals surface area contributed by atoms with Gasteiger partial charge in [0.1, 0.15) is 0 Å². The van der Waals surface area contributed by atoms with Gasteiger partial charge in [0.25, 0.3) is 0 Å². The topological polar surface area (TPSA) is 78.4 Å². The summed E-state index contributed by atoms with van der Waals surface area (Å²) in [5.41, 5.74) is 0. The zero-order valence-electron chi connectivity index (χ0n) is 13.6. The molecule has 0 spiro atoms. The smallest absolute Gasteiger partial charge is 0.315 e. The first-order chi connectivity index (χ1) is 10.6. The van der Waals surface area contributed by atoms with Crippen molar-refractivity contribution in [3.05, 3.63) is 0 Å². The number of unbranched alkanes of at least 4 members (excludes halogenated alkanes) is 1. The summed E-state index contributed by atoms with van der Waals surface area (Å²) in [6, 6.07) is 0.389. The molecule has 5 heteroatoms. The summed E-state index contributed by atoms with van der Waals surface area (Å²) >= 11 is 0. The van der Waals surface area contributed by atoms with E-state index in [4.69, 9.17) is 5.11 Å². The van der Waals surface area contributed by atoms with Crippen molar-refractivity contribution < 1.29 is 14.7 Å². The molecule has 0 bridgehead atoms. The van der Waals surface area contributed by atoms with Crippen LogP contribution in [0.25, 0.3) is 0 Å². The van der Waals surface area contributed by atoms with Crippen LogP contribution in [0.2, 0.25) is 0 Å². The van der Waals surface area contributed by atoms with Crippen LogP contribution in [0.1, 0.15) is 71.1 Å². The van der Waals surface area contributed by atoms with Gasteiger partial charge >= 0.3 is 12.0 Å². The number of amides is 2. The van der Waals surface area contributed by atoms with Crippen LogP contribution in [0.15, 0.2) is 0 Å². The van der Waals surface area contributed by atoms with Crippen LogP contribution in [0.4, 0.5) is 4.79 Å². The Kier molecular flexibility index (Phi) is 6.52. The summed E-state index contributed by atoms with van der Waals surface area (Å²) in [5.74, 6) is -0.296. The van der Waals surface area contributed by atoms with Crippen LogP contribution in [-0.4, -0.2) is 29.2 Å². The van der Waals surface area contributed by atoms with Gasteiger partial charge in [-0.05, 0) is 50.9 Å². The summed E-state index contributed by atoms with van der Waals surface area (Å²) in [7, 11) is 0. The molecule has 2 rings (SSSR count). The summed E-state index contributed by atoms with van der Waals surface area (Å²) in [4.78, 5) is 23.1. The minimum atomic E-state index is -0.701. The fourth-order valence-electron chi connectivity index (χ4n) is 3.92. The summed E-state index contributed by atoms with van der Waals surface area (Å²) in [5, 5.41) is 15.2. The SMILES string of the molecule is CCCCC1CCCC1NC(=O)NC1CCC(C(=O)O)CC1. The van der Waals surface area contributed by atoms with E-state index in [0.29, 0.717) is 24.8 Å². The van der Waals surface area contributed by atoms with Crippen molar-refractivity contribution in [3.63, 3.8) is 0 Å². The van der Waals surface area contributed by atoms with Crippen molar-refractivity contribution in [2.24, 2.45) is 11.8 Å². The maximum Gasteiger partial charge on any atom is 0.315 e. The first kappa shape index (κ1) is 17.1. The molecule has 2 saturated carbocycles. The number of urea groups is 1. The van der Waals surface area contributed by atoms with E-state index >= 15 is 0 Å². The van der Waals surface area contributed by atoms with Crippen LogP contribution in [0.3, 0.4) is 0 Å². The van der Waals surface area contributed by atoms with Gasteiger partial charge in [0.05, 0.1) is 5.92 Å². The fraction of sp³-hybridized carbons (Fsp3) is 0.882. The largest absolute Gasteiger partial charge is 0.481 e. The Labute approximate surface area is 133 Å². The molecule has 2 aliphatic carbocycles. The molecule has 126 valence electrons. The third kappa shape index (κ3) is 4.89. The lowest BCUT2D eigenvalue weighted by Crippen LogP contribution is -2.48. The van der Waals surface area contributed by atoms with Crippen molar-refractivity contribution in [1.29, 1.82) is 0 Å². The molecule has 2 amide bonds. The molecule has 0 aromatic rings. The maximum atomic E-state index is 12.2. The second kappa shape index (κ2) is 8.39. The van der Waals surface area contributed by atoms with Gasteiger partial charge in [-0.15, -0.1) is 0 Å². The van der Waals surface area contributed by atoms with Crippen molar-refractivity contribution in [2.75, 3.05) is 0 Å². The van der Waals surface area contributed by atoms with Crippen LogP contribution < -0.4 is 10.6 Å². The second-order valence-electron chi connectivity index (χ2n) is 6.94. The van der Waals surface area contributed by atoms with E-state index in [9.17, 15) is 9.59 Å². The Balaban J connectivity index is 1.70. The Morgan fingerprint density at radius 3 is 2.41 bits per heavy atom. The lowest BCUT2D eigenvalue weighted by Gasteiger charge is -2.28. The van der Waals surface area contributed by atoms with Crippen molar-refractivity contribution in [3.8, 4) is 0 Å². The predicted molar refractivity (Wildman–Crippen MR) is 85.7 cm³/mol. The molecule has 0 heterocycles. The van der Waals surface area contributed by atoms with Gasteiger partial charge in [-0.3, -0.25) is 4.79 Å². The summed E-state index contributed by atoms with van der Waals surface area (Å²) < 4.78 is 0. The monoisotopic (exact) mass is 310 g/mol. The quantitative estimate of drug-likeness (QED) is 0.704. The first-order valence-corrected chi connectivity index (χ1v) is 8.90. The summed E-state index contributed by atoms with van der Waals surface area (Å²) in [6.45, 7) is 2.21. The van der Waals surface area contributed by atoms with E-state index in [1.54, 1.807) is 0 Å². The molecule has 0 aromatic heterocycles. The number of carbonyl (C=O) groups excluding carboxylic acids is 1. The van der Waals surface area contributed by atoms with Gasteiger partial charge in [-0.25, -0.2) is 4.79 Å². The minimum Gasteiger partial charge on any atom is -0.481 e. The third-order valence-corrected chi connectivity index (χ3v) is 5.32. The van der Waals surface area contributed by atoms with E-state index in [-0.39, 0.29) is 18.0 Å². The van der Waals surface area contributed by atoms with Crippen LogP contribution >= 0.6 is 0 Å². The molecule has 0 saturated heterocycles. The Hall–Kier alpha value is -1.26. The molecule has 0 aliphatic heterocycles. The molecule has 0 radical (unpaired) electrons. The Morgan fingerprint density at radius 2 is 1.77 bits per heavy atom. The molecule has 2 fully saturated rings. The molecule has 2 atom stereocenters. The highest BCUT2D eigenvalue weighted by atomic mass is 16.4. The molecule has 22 heavy (non-hydrogen) atoms. The standard InChI is InChI=1S/C17H30N2O3/c1-2-3-5-12-6-4-7-15(12)19-17(22)18-14-10-8-13(9-11-14)16(20)21/h12-15H,2-11H2,1H3,(H,20,21)(H2,18,19,22). The van der Waals surface area contributed by atoms with Gasteiger partial charge < -0.3 is 15.7 Å². The third-order valence-electron chi connectivity index (χ3n) is 5.32. The molecule has 0 aromatic carbocycles. The first-order valence-electron chi connectivity index (χ1n) is 8.90. The van der Waals surface area contributed by atoms with Gasteiger partial charge in [0, 0.05) is 12.1 Å². The molecular formula is C17H30N2O3. The molecule has 2 unspecified atom stereocenters.